The Bertz CT molecular complexity index is 1180. The van der Waals surface area contributed by atoms with Crippen LogP contribution < -0.4 is 0 Å². The maximum absolute atomic E-state index is 12.8. The number of hydrogen-bond acceptors (Lipinski definition) is 3. The summed E-state index contributed by atoms with van der Waals surface area (Å²) in [5, 5.41) is 13.9. The monoisotopic (exact) mass is 358 g/mol. The molecule has 1 heterocycles. The fourth-order valence-corrected chi connectivity index (χ4v) is 3.56. The van der Waals surface area contributed by atoms with Gasteiger partial charge in [-0.1, -0.05) is 42.5 Å². The standard InChI is InChI=1S/C22H18N2O3/c1-15(23-12-11-19-20(23)7-4-8-21(19)24(26)27)13-22(25)18-10-9-16-5-2-3-6-17(16)14-18/h2-12,14-15H,13H2,1H3/t15-/m0/s1. The molecule has 3 aromatic carbocycles. The molecule has 5 heteroatoms. The van der Waals surface area contributed by atoms with E-state index in [1.807, 2.05) is 66.2 Å². The number of nitro groups is 1. The van der Waals surface area contributed by atoms with Crippen molar-refractivity contribution in [3.63, 3.8) is 0 Å². The van der Waals surface area contributed by atoms with E-state index in [0.717, 1.165) is 16.3 Å². The van der Waals surface area contributed by atoms with Gasteiger partial charge in [0.25, 0.3) is 5.69 Å². The summed E-state index contributed by atoms with van der Waals surface area (Å²) in [6.45, 7) is 1.96. The first-order valence-electron chi connectivity index (χ1n) is 8.80. The summed E-state index contributed by atoms with van der Waals surface area (Å²) in [5.41, 5.74) is 1.53. The fourth-order valence-electron chi connectivity index (χ4n) is 3.56. The van der Waals surface area contributed by atoms with Gasteiger partial charge in [0.05, 0.1) is 15.8 Å². The van der Waals surface area contributed by atoms with Gasteiger partial charge in [-0.25, -0.2) is 0 Å². The van der Waals surface area contributed by atoms with E-state index in [9.17, 15) is 14.9 Å². The average Bonchev–Trinajstić information content (AvgIpc) is 3.11. The highest BCUT2D eigenvalue weighted by atomic mass is 16.6. The Morgan fingerprint density at radius 1 is 1.04 bits per heavy atom. The number of ketones is 1. The minimum Gasteiger partial charge on any atom is -0.344 e. The van der Waals surface area contributed by atoms with Gasteiger partial charge in [-0.2, -0.15) is 0 Å². The molecule has 0 aliphatic rings. The van der Waals surface area contributed by atoms with E-state index in [-0.39, 0.29) is 22.4 Å². The molecule has 0 radical (unpaired) electrons. The summed E-state index contributed by atoms with van der Waals surface area (Å²) in [5.74, 6) is 0.0560. The van der Waals surface area contributed by atoms with Crippen LogP contribution in [0.1, 0.15) is 29.7 Å². The van der Waals surface area contributed by atoms with Crippen LogP contribution in [0.4, 0.5) is 5.69 Å². The van der Waals surface area contributed by atoms with Crippen LogP contribution in [0.5, 0.6) is 0 Å². The molecule has 4 rings (SSSR count). The van der Waals surface area contributed by atoms with E-state index < -0.39 is 0 Å². The van der Waals surface area contributed by atoms with E-state index in [0.29, 0.717) is 17.4 Å². The van der Waals surface area contributed by atoms with Crippen LogP contribution in [0.3, 0.4) is 0 Å². The van der Waals surface area contributed by atoms with Gasteiger partial charge in [0.1, 0.15) is 0 Å². The van der Waals surface area contributed by atoms with Crippen LogP contribution in [0.25, 0.3) is 21.7 Å². The molecule has 4 aromatic rings. The Morgan fingerprint density at radius 2 is 1.81 bits per heavy atom. The molecule has 0 aliphatic heterocycles. The second-order valence-electron chi connectivity index (χ2n) is 6.73. The Morgan fingerprint density at radius 3 is 2.59 bits per heavy atom. The predicted molar refractivity (Wildman–Crippen MR) is 106 cm³/mol. The summed E-state index contributed by atoms with van der Waals surface area (Å²) >= 11 is 0. The van der Waals surface area contributed by atoms with Crippen molar-refractivity contribution in [2.24, 2.45) is 0 Å². The van der Waals surface area contributed by atoms with Crippen LogP contribution >= 0.6 is 0 Å². The summed E-state index contributed by atoms with van der Waals surface area (Å²) < 4.78 is 1.93. The van der Waals surface area contributed by atoms with Gasteiger partial charge in [-0.3, -0.25) is 14.9 Å². The molecule has 0 fully saturated rings. The second kappa shape index (κ2) is 6.68. The van der Waals surface area contributed by atoms with Crippen molar-refractivity contribution < 1.29 is 9.72 Å². The molecular weight excluding hydrogens is 340 g/mol. The maximum Gasteiger partial charge on any atom is 0.278 e. The molecule has 1 atom stereocenters. The number of nitro benzene ring substituents is 1. The van der Waals surface area contributed by atoms with Crippen molar-refractivity contribution in [1.29, 1.82) is 0 Å². The van der Waals surface area contributed by atoms with Gasteiger partial charge in [-0.05, 0) is 35.9 Å². The topological polar surface area (TPSA) is 65.1 Å². The number of rotatable bonds is 5. The minimum atomic E-state index is -0.377. The highest BCUT2D eigenvalue weighted by molar-refractivity contribution is 6.00. The van der Waals surface area contributed by atoms with Crippen LogP contribution in [0.15, 0.2) is 72.9 Å². The molecule has 0 aliphatic carbocycles. The highest BCUT2D eigenvalue weighted by Crippen LogP contribution is 2.29. The number of nitrogens with zero attached hydrogens (tertiary/aromatic N) is 2. The Balaban J connectivity index is 1.62. The average molecular weight is 358 g/mol. The van der Waals surface area contributed by atoms with Crippen LogP contribution in [0.2, 0.25) is 0 Å². The lowest BCUT2D eigenvalue weighted by Gasteiger charge is -2.15. The minimum absolute atomic E-state index is 0.0560. The van der Waals surface area contributed by atoms with Crippen molar-refractivity contribution >= 4 is 33.1 Å². The number of carbonyl (C=O) groups is 1. The fraction of sp³-hybridized carbons (Fsp3) is 0.136. The molecule has 0 unspecified atom stereocenters. The van der Waals surface area contributed by atoms with E-state index in [2.05, 4.69) is 0 Å². The molecule has 5 nitrogen and oxygen atoms in total. The molecule has 134 valence electrons. The van der Waals surface area contributed by atoms with Crippen molar-refractivity contribution in [2.75, 3.05) is 0 Å². The number of Topliss-reactive ketones (excluding diaryl/α,β-unsaturated/α-hetero) is 1. The Labute approximate surface area is 156 Å². The Kier molecular flexibility index (Phi) is 4.20. The first-order chi connectivity index (χ1) is 13.0. The molecule has 0 saturated heterocycles. The van der Waals surface area contributed by atoms with E-state index in [4.69, 9.17) is 0 Å². The lowest BCUT2D eigenvalue weighted by molar-refractivity contribution is -0.383. The number of non-ortho nitro benzene ring substituents is 1. The van der Waals surface area contributed by atoms with E-state index in [1.54, 1.807) is 12.1 Å². The third kappa shape index (κ3) is 3.08. The van der Waals surface area contributed by atoms with Crippen molar-refractivity contribution in [3.05, 3.63) is 88.6 Å². The number of fused-ring (bicyclic) bond motifs is 2. The van der Waals surface area contributed by atoms with Crippen molar-refractivity contribution in [3.8, 4) is 0 Å². The summed E-state index contributed by atoms with van der Waals surface area (Å²) in [6, 6.07) is 20.3. The lowest BCUT2D eigenvalue weighted by atomic mass is 10.0. The third-order valence-electron chi connectivity index (χ3n) is 4.96. The summed E-state index contributed by atoms with van der Waals surface area (Å²) in [7, 11) is 0. The highest BCUT2D eigenvalue weighted by Gasteiger charge is 2.18. The number of benzene rings is 3. The molecule has 1 aromatic heterocycles. The largest absolute Gasteiger partial charge is 0.344 e. The van der Waals surface area contributed by atoms with Gasteiger partial charge in [-0.15, -0.1) is 0 Å². The molecule has 0 spiro atoms. The number of aromatic nitrogens is 1. The smallest absolute Gasteiger partial charge is 0.278 e. The zero-order valence-corrected chi connectivity index (χ0v) is 14.8. The first kappa shape index (κ1) is 17.0. The predicted octanol–water partition coefficient (Wildman–Crippen LogP) is 5.54. The molecule has 0 N–H and O–H groups in total. The van der Waals surface area contributed by atoms with Crippen LogP contribution in [0, 0.1) is 10.1 Å². The van der Waals surface area contributed by atoms with Crippen molar-refractivity contribution in [1.82, 2.24) is 4.57 Å². The summed E-state index contributed by atoms with van der Waals surface area (Å²) in [6.07, 6.45) is 2.14. The Hall–Kier alpha value is -3.47. The SMILES string of the molecule is C[C@@H](CC(=O)c1ccc2ccccc2c1)n1ccc2c([N+](=O)[O-])cccc21. The molecule has 0 bridgehead atoms. The quantitative estimate of drug-likeness (QED) is 0.267. The van der Waals surface area contributed by atoms with Gasteiger partial charge >= 0.3 is 0 Å². The van der Waals surface area contributed by atoms with Gasteiger partial charge in [0, 0.05) is 30.3 Å². The van der Waals surface area contributed by atoms with Crippen molar-refractivity contribution in [2.45, 2.75) is 19.4 Å². The van der Waals surface area contributed by atoms with Gasteiger partial charge in [0.2, 0.25) is 0 Å². The normalized spacial score (nSPS) is 12.3. The molecule has 0 saturated carbocycles. The zero-order chi connectivity index (χ0) is 19.0. The third-order valence-corrected chi connectivity index (χ3v) is 4.96. The van der Waals surface area contributed by atoms with Crippen LogP contribution in [-0.2, 0) is 0 Å². The van der Waals surface area contributed by atoms with Crippen LogP contribution in [-0.4, -0.2) is 15.3 Å². The molecular formula is C22H18N2O3. The molecule has 27 heavy (non-hydrogen) atoms. The summed E-state index contributed by atoms with van der Waals surface area (Å²) in [4.78, 5) is 23.6. The van der Waals surface area contributed by atoms with Gasteiger partial charge < -0.3 is 4.57 Å². The number of hydrogen-bond donors (Lipinski definition) is 0. The lowest BCUT2D eigenvalue weighted by Crippen LogP contribution is -2.10. The molecule has 0 amide bonds. The second-order valence-corrected chi connectivity index (χ2v) is 6.73. The van der Waals surface area contributed by atoms with E-state index in [1.165, 1.54) is 6.07 Å². The van der Waals surface area contributed by atoms with E-state index >= 15 is 0 Å². The zero-order valence-electron chi connectivity index (χ0n) is 14.8. The number of carbonyl (C=O) groups excluding carboxylic acids is 1. The van der Waals surface area contributed by atoms with Gasteiger partial charge in [0.15, 0.2) is 5.78 Å². The first-order valence-corrected chi connectivity index (χ1v) is 8.80. The maximum atomic E-state index is 12.8.